The highest BCUT2D eigenvalue weighted by atomic mass is 14.9. The average Bonchev–Trinajstić information content (AvgIpc) is 0.785. The Balaban J connectivity index is 0.000000156. The van der Waals surface area contributed by atoms with E-state index in [1.54, 1.807) is 24.5 Å². The zero-order chi connectivity index (χ0) is 72.6. The Morgan fingerprint density at radius 2 is 0.652 bits per heavy atom. The SMILES string of the molecule is Cc1cc[n+](C)c(-c2cc(-c3ccccc3)ccc2C)c1.[2H]C([2H])([2H])C([2H])(C)c1cc[n+](C)c(-c2cc(-c3ccccc3)ccc2C)c1.[2H]C([2H])([2H])C([2H])(C)c1ccc(-c2cc(-c3ccccc3)ccc2C)[n+](C)c1.[2H]C([2H])([2H])c1c[n+](C)c(-c2cc(-c3ccccc3)ccc2C)cc1C. The average molecular weight is 1180 g/mol. The van der Waals surface area contributed by atoms with Gasteiger partial charge in [0.05, 0.1) is 0 Å². The van der Waals surface area contributed by atoms with Crippen molar-refractivity contribution < 1.29 is 33.3 Å². The van der Waals surface area contributed by atoms with Crippen LogP contribution >= 0.6 is 0 Å². The number of nitrogens with zero attached hydrogens (tertiary/aromatic N) is 4. The van der Waals surface area contributed by atoms with E-state index in [1.165, 1.54) is 52.9 Å². The van der Waals surface area contributed by atoms with Gasteiger partial charge in [-0.2, -0.15) is 0 Å². The molecule has 0 aliphatic rings. The monoisotopic (exact) mass is 1180 g/mol. The number of hydrogen-bond donors (Lipinski definition) is 0. The highest BCUT2D eigenvalue weighted by Gasteiger charge is 2.20. The molecule has 2 unspecified atom stereocenters. The molecule has 0 bridgehead atoms. The summed E-state index contributed by atoms with van der Waals surface area (Å²) >= 11 is 0. The molecule has 446 valence electrons. The first-order valence-corrected chi connectivity index (χ1v) is 30.3. The minimum Gasteiger partial charge on any atom is -0.201 e. The number of pyridine rings is 4. The summed E-state index contributed by atoms with van der Waals surface area (Å²) in [7, 11) is 7.83. The second-order valence-corrected chi connectivity index (χ2v) is 23.2. The quantitative estimate of drug-likeness (QED) is 0.121. The van der Waals surface area contributed by atoms with Crippen molar-refractivity contribution in [1.29, 1.82) is 0 Å². The normalized spacial score (nSPS) is 14.4. The summed E-state index contributed by atoms with van der Waals surface area (Å²) in [6, 6.07) is 80.5. The van der Waals surface area contributed by atoms with Gasteiger partial charge in [0, 0.05) is 84.9 Å². The Bertz CT molecular complexity index is 4830. The van der Waals surface area contributed by atoms with Gasteiger partial charge in [-0.25, -0.2) is 18.3 Å². The first-order chi connectivity index (χ1) is 47.1. The molecule has 0 aliphatic carbocycles. The molecule has 4 heterocycles. The second-order valence-electron chi connectivity index (χ2n) is 23.2. The van der Waals surface area contributed by atoms with Gasteiger partial charge in [-0.05, 0) is 174 Å². The lowest BCUT2D eigenvalue weighted by atomic mass is 9.95. The van der Waals surface area contributed by atoms with Crippen molar-refractivity contribution in [2.24, 2.45) is 28.2 Å². The maximum Gasteiger partial charge on any atom is 0.212 e. The molecule has 4 heteroatoms. The lowest BCUT2D eigenvalue weighted by molar-refractivity contribution is -0.661. The predicted molar refractivity (Wildman–Crippen MR) is 375 cm³/mol. The summed E-state index contributed by atoms with van der Waals surface area (Å²) in [4.78, 5) is 0. The summed E-state index contributed by atoms with van der Waals surface area (Å²) in [6.07, 6.45) is 7.44. The van der Waals surface area contributed by atoms with Gasteiger partial charge in [-0.3, -0.25) is 0 Å². The van der Waals surface area contributed by atoms with Gasteiger partial charge in [-0.1, -0.05) is 197 Å². The number of benzene rings is 8. The molecule has 2 atom stereocenters. The van der Waals surface area contributed by atoms with Crippen molar-refractivity contribution in [2.45, 2.75) is 87.7 Å². The van der Waals surface area contributed by atoms with E-state index in [1.807, 2.05) is 128 Å². The van der Waals surface area contributed by atoms with E-state index < -0.39 is 32.3 Å². The third-order valence-corrected chi connectivity index (χ3v) is 16.4. The molecule has 12 rings (SSSR count). The first kappa shape index (κ1) is 50.4. The molecule has 89 heavy (non-hydrogen) atoms. The Morgan fingerprint density at radius 3 is 1.04 bits per heavy atom. The second kappa shape index (κ2) is 29.4. The highest BCUT2D eigenvalue weighted by Crippen LogP contribution is 2.33. The minimum atomic E-state index is -2.40. The first-order valence-electron chi connectivity index (χ1n) is 35.8. The van der Waals surface area contributed by atoms with Crippen molar-refractivity contribution in [3.8, 4) is 89.5 Å². The largest absolute Gasteiger partial charge is 0.212 e. The molecule has 0 aliphatic heterocycles. The van der Waals surface area contributed by atoms with Crippen LogP contribution in [-0.2, 0) is 28.2 Å². The molecule has 0 N–H and O–H groups in total. The van der Waals surface area contributed by atoms with E-state index >= 15 is 0 Å². The van der Waals surface area contributed by atoms with Gasteiger partial charge in [0.15, 0.2) is 24.8 Å². The van der Waals surface area contributed by atoms with Crippen LogP contribution in [0.3, 0.4) is 0 Å². The number of hydrogen-bond acceptors (Lipinski definition) is 0. The molecule has 0 spiro atoms. The van der Waals surface area contributed by atoms with Crippen LogP contribution in [0.5, 0.6) is 0 Å². The molecule has 0 radical (unpaired) electrons. The smallest absolute Gasteiger partial charge is 0.201 e. The van der Waals surface area contributed by atoms with Crippen LogP contribution in [0.15, 0.2) is 261 Å². The third kappa shape index (κ3) is 15.9. The van der Waals surface area contributed by atoms with Crippen molar-refractivity contribution in [2.75, 3.05) is 0 Å². The summed E-state index contributed by atoms with van der Waals surface area (Å²) in [6.45, 7) is 8.38. The Labute approximate surface area is 547 Å². The fourth-order valence-electron chi connectivity index (χ4n) is 11.0. The van der Waals surface area contributed by atoms with Crippen LogP contribution in [0.4, 0.5) is 0 Å². The summed E-state index contributed by atoms with van der Waals surface area (Å²) < 4.78 is 93.9. The van der Waals surface area contributed by atoms with Crippen molar-refractivity contribution in [3.63, 3.8) is 0 Å². The van der Waals surface area contributed by atoms with Crippen LogP contribution in [0.2, 0.25) is 0 Å². The van der Waals surface area contributed by atoms with Gasteiger partial charge < -0.3 is 0 Å². The number of aromatic nitrogens is 4. The molecular weight excluding hydrogens is 1080 g/mol. The van der Waals surface area contributed by atoms with Crippen LogP contribution in [0, 0.1) is 48.4 Å². The van der Waals surface area contributed by atoms with Crippen molar-refractivity contribution in [3.05, 3.63) is 311 Å². The van der Waals surface area contributed by atoms with Crippen LogP contribution < -0.4 is 18.3 Å². The zero-order valence-corrected chi connectivity index (χ0v) is 53.6. The van der Waals surface area contributed by atoms with Gasteiger partial charge in [0.1, 0.15) is 28.2 Å². The topological polar surface area (TPSA) is 15.5 Å². The standard InChI is InChI=1S/2C22H24N.C21H22N.C20H20N/c1-16(2)19-12-13-23(4)22(15-19)21-14-20(11-10-17(21)3)18-8-6-5-7-9-18;1-16(2)20-12-13-22(23(4)15-20)21-14-19(11-10-17(21)3)18-8-6-5-7-9-18;1-15-10-11-19(18-8-6-5-7-9-18)13-20(15)21-12-16(2)17(3)14-22(21)4;1-15-11-12-21(3)20(13-15)19-14-18(10-9-16(19)2)17-7-5-4-6-8-17/h2*5-16H,1-4H3;5-14H,1-4H3;4-14H,1-3H3/q4*+1/i2*1D3,16D;3D3;. The Morgan fingerprint density at radius 1 is 0.292 bits per heavy atom. The predicted octanol–water partition coefficient (Wildman–Crippen LogP) is 19.8. The lowest BCUT2D eigenvalue weighted by Crippen LogP contribution is -2.31. The fraction of sp³-hybridized carbons (Fsp3) is 0.200. The molecule has 4 aromatic heterocycles. The van der Waals surface area contributed by atoms with Crippen molar-refractivity contribution in [1.82, 2.24) is 0 Å². The van der Waals surface area contributed by atoms with Crippen LogP contribution in [0.1, 0.15) is 104 Å². The zero-order valence-electron chi connectivity index (χ0n) is 64.6. The Hall–Kier alpha value is -9.64. The molecule has 0 fully saturated rings. The molecule has 12 aromatic rings. The van der Waals surface area contributed by atoms with E-state index in [2.05, 4.69) is 197 Å². The van der Waals surface area contributed by atoms with E-state index in [4.69, 9.17) is 15.1 Å². The van der Waals surface area contributed by atoms with Gasteiger partial charge in [0.25, 0.3) is 0 Å². The van der Waals surface area contributed by atoms with Gasteiger partial charge >= 0.3 is 0 Å². The molecule has 4 nitrogen and oxygen atoms in total. The number of rotatable bonds is 10. The third-order valence-electron chi connectivity index (χ3n) is 16.4. The summed E-state index contributed by atoms with van der Waals surface area (Å²) in [5.74, 6) is -3.31. The number of aryl methyl sites for hydroxylation is 11. The van der Waals surface area contributed by atoms with Crippen LogP contribution in [-0.4, -0.2) is 0 Å². The van der Waals surface area contributed by atoms with E-state index in [0.717, 1.165) is 83.8 Å². The lowest BCUT2D eigenvalue weighted by Gasteiger charge is -2.11. The molecule has 8 aromatic carbocycles. The van der Waals surface area contributed by atoms with Gasteiger partial charge in [-0.15, -0.1) is 0 Å². The fourth-order valence-corrected chi connectivity index (χ4v) is 11.0. The van der Waals surface area contributed by atoms with E-state index in [9.17, 15) is 0 Å². The maximum atomic E-state index is 8.41. The highest BCUT2D eigenvalue weighted by molar-refractivity contribution is 5.76. The van der Waals surface area contributed by atoms with Crippen LogP contribution in [0.25, 0.3) is 89.5 Å². The van der Waals surface area contributed by atoms with Gasteiger partial charge in [0.2, 0.25) is 22.8 Å². The van der Waals surface area contributed by atoms with E-state index in [-0.39, 0.29) is 0 Å². The minimum absolute atomic E-state index is 0.399. The van der Waals surface area contributed by atoms with Crippen molar-refractivity contribution >= 4 is 0 Å². The molecule has 0 saturated carbocycles. The summed E-state index contributed by atoms with van der Waals surface area (Å²) in [5, 5.41) is 0. The van der Waals surface area contributed by atoms with E-state index in [0.29, 0.717) is 16.7 Å². The maximum absolute atomic E-state index is 8.41. The molecular formula is C85H90N4+4. The molecule has 0 saturated heterocycles. The summed E-state index contributed by atoms with van der Waals surface area (Å²) in [5.41, 5.74) is 26.2. The molecule has 0 amide bonds. The Kier molecular flexibility index (Phi) is 16.6.